The highest BCUT2D eigenvalue weighted by atomic mass is 16.2. The van der Waals surface area contributed by atoms with Crippen molar-refractivity contribution in [2.75, 3.05) is 7.05 Å². The lowest BCUT2D eigenvalue weighted by Crippen LogP contribution is -2.24. The molecule has 0 saturated carbocycles. The van der Waals surface area contributed by atoms with E-state index in [1.54, 1.807) is 6.08 Å². The van der Waals surface area contributed by atoms with Crippen molar-refractivity contribution in [2.45, 2.75) is 0 Å². The van der Waals surface area contributed by atoms with Crippen LogP contribution in [0.4, 0.5) is 0 Å². The van der Waals surface area contributed by atoms with E-state index in [-0.39, 0.29) is 5.91 Å². The molecule has 0 atom stereocenters. The Morgan fingerprint density at radius 2 is 2.09 bits per heavy atom. The second kappa shape index (κ2) is 4.55. The summed E-state index contributed by atoms with van der Waals surface area (Å²) in [5.41, 5.74) is 0.435. The monoisotopic (exact) mass is 147 g/mol. The molecule has 0 spiro atoms. The van der Waals surface area contributed by atoms with Gasteiger partial charge in [-0.2, -0.15) is 0 Å². The van der Waals surface area contributed by atoms with Gasteiger partial charge in [-0.1, -0.05) is 31.4 Å². The van der Waals surface area contributed by atoms with Crippen LogP contribution in [-0.2, 0) is 4.79 Å². The van der Waals surface area contributed by atoms with Gasteiger partial charge in [-0.25, -0.2) is 0 Å². The Hall–Kier alpha value is -1.25. The van der Waals surface area contributed by atoms with Gasteiger partial charge in [-0.3, -0.25) is 4.79 Å². The van der Waals surface area contributed by atoms with Gasteiger partial charge in [-0.15, -0.1) is 0 Å². The van der Waals surface area contributed by atoms with Crippen LogP contribution < -0.4 is 0 Å². The molecule has 2 radical (unpaired) electrons. The second-order valence-electron chi connectivity index (χ2n) is 1.98. The maximum absolute atomic E-state index is 11.1. The first-order valence-corrected chi connectivity index (χ1v) is 3.11. The summed E-state index contributed by atoms with van der Waals surface area (Å²) in [6.45, 7) is 6.92. The standard InChI is InChI=1S/C8H10BNO/c1-4-6-7(5-2)8(11)10(3)9/h4-6H,1-2H2,3H3/b7-6+. The zero-order valence-electron chi connectivity index (χ0n) is 6.58. The van der Waals surface area contributed by atoms with Gasteiger partial charge in [0.15, 0.2) is 0 Å². The fourth-order valence-electron chi connectivity index (χ4n) is 0.557. The molecular formula is C8H10BNO. The van der Waals surface area contributed by atoms with E-state index in [0.29, 0.717) is 5.57 Å². The van der Waals surface area contributed by atoms with Gasteiger partial charge in [-0.05, 0) is 7.05 Å². The molecule has 0 aromatic carbocycles. The quantitative estimate of drug-likeness (QED) is 0.329. The third-order valence-corrected chi connectivity index (χ3v) is 1.08. The van der Waals surface area contributed by atoms with Gasteiger partial charge in [0.1, 0.15) is 0 Å². The number of rotatable bonds is 3. The maximum Gasteiger partial charge on any atom is 0.240 e. The highest BCUT2D eigenvalue weighted by Crippen LogP contribution is 1.99. The van der Waals surface area contributed by atoms with E-state index < -0.39 is 0 Å². The molecule has 0 unspecified atom stereocenters. The summed E-state index contributed by atoms with van der Waals surface area (Å²) in [6.07, 6.45) is 4.50. The molecule has 1 amide bonds. The molecule has 0 aliphatic heterocycles. The molecule has 0 aliphatic rings. The third-order valence-electron chi connectivity index (χ3n) is 1.08. The van der Waals surface area contributed by atoms with Crippen molar-refractivity contribution in [3.05, 3.63) is 37.0 Å². The van der Waals surface area contributed by atoms with Crippen LogP contribution >= 0.6 is 0 Å². The average Bonchev–Trinajstić information content (AvgIpc) is 1.98. The number of likely N-dealkylation sites (N-methyl/N-ethyl adjacent to an activating group) is 1. The Balaban J connectivity index is 4.51. The van der Waals surface area contributed by atoms with Crippen LogP contribution in [0.1, 0.15) is 0 Å². The van der Waals surface area contributed by atoms with Crippen LogP contribution in [0.5, 0.6) is 0 Å². The largest absolute Gasteiger partial charge is 0.395 e. The summed E-state index contributed by atoms with van der Waals surface area (Å²) >= 11 is 0. The van der Waals surface area contributed by atoms with Crippen LogP contribution in [0.3, 0.4) is 0 Å². The Bertz CT molecular complexity index is 206. The fourth-order valence-corrected chi connectivity index (χ4v) is 0.557. The molecule has 56 valence electrons. The van der Waals surface area contributed by atoms with Gasteiger partial charge in [0.25, 0.3) is 0 Å². The normalized spacial score (nSPS) is 10.5. The molecule has 0 N–H and O–H groups in total. The molecular weight excluding hydrogens is 137 g/mol. The number of amides is 1. The number of hydrogen-bond donors (Lipinski definition) is 0. The molecule has 0 rings (SSSR count). The van der Waals surface area contributed by atoms with E-state index in [0.717, 1.165) is 4.81 Å². The number of carbonyl (C=O) groups is 1. The van der Waals surface area contributed by atoms with Crippen molar-refractivity contribution in [3.63, 3.8) is 0 Å². The first kappa shape index (κ1) is 9.75. The minimum Gasteiger partial charge on any atom is -0.395 e. The smallest absolute Gasteiger partial charge is 0.240 e. The van der Waals surface area contributed by atoms with Crippen LogP contribution in [-0.4, -0.2) is 25.7 Å². The molecule has 0 heterocycles. The van der Waals surface area contributed by atoms with Gasteiger partial charge in [0, 0.05) is 5.57 Å². The second-order valence-corrected chi connectivity index (χ2v) is 1.98. The summed E-state index contributed by atoms with van der Waals surface area (Å²) < 4.78 is 0. The topological polar surface area (TPSA) is 20.3 Å². The van der Waals surface area contributed by atoms with Crippen molar-refractivity contribution >= 4 is 13.9 Å². The maximum atomic E-state index is 11.1. The molecule has 2 nitrogen and oxygen atoms in total. The lowest BCUT2D eigenvalue weighted by atomic mass is 10.2. The van der Waals surface area contributed by atoms with Gasteiger partial charge < -0.3 is 4.81 Å². The lowest BCUT2D eigenvalue weighted by Gasteiger charge is -2.10. The Kier molecular flexibility index (Phi) is 4.04. The van der Waals surface area contributed by atoms with Gasteiger partial charge in [0.05, 0.1) is 0 Å². The van der Waals surface area contributed by atoms with E-state index in [4.69, 9.17) is 7.98 Å². The first-order chi connectivity index (χ1) is 5.13. The number of carbonyl (C=O) groups excluding carboxylic acids is 1. The molecule has 0 saturated heterocycles. The average molecular weight is 147 g/mol. The van der Waals surface area contributed by atoms with E-state index in [1.165, 1.54) is 19.2 Å². The summed E-state index contributed by atoms with van der Waals surface area (Å²) in [5.74, 6) is -0.278. The number of nitrogens with zero attached hydrogens (tertiary/aromatic N) is 1. The molecule has 0 fully saturated rings. The van der Waals surface area contributed by atoms with Crippen molar-refractivity contribution < 1.29 is 4.79 Å². The predicted molar refractivity (Wildman–Crippen MR) is 47.0 cm³/mol. The molecule has 0 aromatic heterocycles. The van der Waals surface area contributed by atoms with Gasteiger partial charge in [0.2, 0.25) is 13.9 Å². The van der Waals surface area contributed by atoms with Crippen LogP contribution in [0.2, 0.25) is 0 Å². The Labute approximate surface area is 68.3 Å². The molecule has 11 heavy (non-hydrogen) atoms. The minimum absolute atomic E-state index is 0.278. The van der Waals surface area contributed by atoms with E-state index in [1.807, 2.05) is 0 Å². The Morgan fingerprint density at radius 3 is 2.36 bits per heavy atom. The fraction of sp³-hybridized carbons (Fsp3) is 0.125. The van der Waals surface area contributed by atoms with Crippen molar-refractivity contribution in [3.8, 4) is 0 Å². The van der Waals surface area contributed by atoms with E-state index in [2.05, 4.69) is 13.2 Å². The van der Waals surface area contributed by atoms with E-state index >= 15 is 0 Å². The van der Waals surface area contributed by atoms with E-state index in [9.17, 15) is 4.79 Å². The van der Waals surface area contributed by atoms with Crippen LogP contribution in [0.15, 0.2) is 37.0 Å². The van der Waals surface area contributed by atoms with Gasteiger partial charge >= 0.3 is 0 Å². The number of hydrogen-bond acceptors (Lipinski definition) is 1. The third kappa shape index (κ3) is 2.89. The minimum atomic E-state index is -0.278. The summed E-state index contributed by atoms with van der Waals surface area (Å²) in [7, 11) is 6.68. The van der Waals surface area contributed by atoms with Crippen molar-refractivity contribution in [1.82, 2.24) is 4.81 Å². The zero-order chi connectivity index (χ0) is 8.85. The molecule has 0 aromatic rings. The predicted octanol–water partition coefficient (Wildman–Crippen LogP) is 0.827. The highest BCUT2D eigenvalue weighted by molar-refractivity contribution is 6.18. The highest BCUT2D eigenvalue weighted by Gasteiger charge is 2.05. The lowest BCUT2D eigenvalue weighted by molar-refractivity contribution is -0.121. The summed E-state index contributed by atoms with van der Waals surface area (Å²) in [5, 5.41) is 0. The SMILES string of the molecule is [B]N(C)C(=O)/C(C=C)=C/C=C. The molecule has 0 aliphatic carbocycles. The zero-order valence-corrected chi connectivity index (χ0v) is 6.58. The van der Waals surface area contributed by atoms with Crippen molar-refractivity contribution in [2.24, 2.45) is 0 Å². The molecule has 3 heteroatoms. The first-order valence-electron chi connectivity index (χ1n) is 3.11. The van der Waals surface area contributed by atoms with Crippen LogP contribution in [0.25, 0.3) is 0 Å². The summed E-state index contributed by atoms with van der Waals surface area (Å²) in [4.78, 5) is 12.1. The summed E-state index contributed by atoms with van der Waals surface area (Å²) in [6, 6.07) is 0. The van der Waals surface area contributed by atoms with Crippen molar-refractivity contribution in [1.29, 1.82) is 0 Å². The van der Waals surface area contributed by atoms with Crippen LogP contribution in [0, 0.1) is 0 Å². The molecule has 0 bridgehead atoms. The Morgan fingerprint density at radius 1 is 1.55 bits per heavy atom. The number of allylic oxidation sites excluding steroid dienone is 2.